The van der Waals surface area contributed by atoms with Crippen LogP contribution in [0.2, 0.25) is 0 Å². The number of methoxy groups -OCH3 is 4. The van der Waals surface area contributed by atoms with Crippen LogP contribution in [0.25, 0.3) is 90.9 Å². The van der Waals surface area contributed by atoms with Gasteiger partial charge in [0.05, 0.1) is 85.1 Å². The molecule has 4 saturated heterocycles. The van der Waals surface area contributed by atoms with Crippen LogP contribution in [0, 0.1) is 0 Å². The van der Waals surface area contributed by atoms with Gasteiger partial charge in [0.15, 0.2) is 0 Å². The van der Waals surface area contributed by atoms with Gasteiger partial charge in [0.25, 0.3) is 23.6 Å². The van der Waals surface area contributed by atoms with Crippen molar-refractivity contribution in [2.45, 2.75) is 75.8 Å². The Hall–Kier alpha value is -9.09. The summed E-state index contributed by atoms with van der Waals surface area (Å²) in [6, 6.07) is 29.1. The van der Waals surface area contributed by atoms with Crippen molar-refractivity contribution in [3.8, 4) is 67.5 Å². The number of nitrogens with zero attached hydrogens (tertiary/aromatic N) is 4. The molecule has 0 aliphatic carbocycles. The maximum Gasteiger partial charge on any atom is 2.00 e. The zero-order valence-electron chi connectivity index (χ0n) is 49.4. The summed E-state index contributed by atoms with van der Waals surface area (Å²) in [6.07, 6.45) is 9.67. The number of ether oxygens (including phenoxy) is 8. The molecule has 4 fully saturated rings. The van der Waals surface area contributed by atoms with Crippen LogP contribution < -0.4 is 50.2 Å². The minimum Gasteiger partial charge on any atom is -0.657 e. The van der Waals surface area contributed by atoms with Gasteiger partial charge in [-0.1, -0.05) is 48.5 Å². The Morgan fingerprint density at radius 3 is 0.854 bits per heavy atom. The van der Waals surface area contributed by atoms with Gasteiger partial charge in [-0.05, 0) is 135 Å². The van der Waals surface area contributed by atoms with E-state index in [1.165, 1.54) is 0 Å². The Morgan fingerprint density at radius 1 is 0.371 bits per heavy atom. The number of aromatic nitrogens is 4. The molecule has 9 heterocycles. The molecule has 4 atom stereocenters. The number of anilines is 4. The molecule has 4 amide bonds. The van der Waals surface area contributed by atoms with E-state index >= 15 is 0 Å². The second-order valence-corrected chi connectivity index (χ2v) is 21.9. The topological polar surface area (TPSA) is 244 Å². The van der Waals surface area contributed by atoms with Crippen LogP contribution >= 0.6 is 0 Å². The minimum absolute atomic E-state index is 0. The van der Waals surface area contributed by atoms with Gasteiger partial charge in [0, 0.05) is 48.7 Å². The van der Waals surface area contributed by atoms with Crippen LogP contribution in [0.15, 0.2) is 97.1 Å². The molecule has 89 heavy (non-hydrogen) atoms. The Kier molecular flexibility index (Phi) is 17.8. The molecule has 4 aromatic carbocycles. The molecule has 6 aliphatic rings. The Balaban J connectivity index is 0.00000769. The molecule has 1 radical (unpaired) electrons. The molecule has 0 spiro atoms. The maximum atomic E-state index is 14.3. The second kappa shape index (κ2) is 26.3. The molecule has 0 saturated carbocycles. The summed E-state index contributed by atoms with van der Waals surface area (Å²) in [5.41, 5.74) is 8.54. The Labute approximate surface area is 523 Å². The van der Waals surface area contributed by atoms with E-state index in [1.54, 1.807) is 64.8 Å². The molecule has 8 bridgehead atoms. The Bertz CT molecular complexity index is 3750. The van der Waals surface area contributed by atoms with Crippen molar-refractivity contribution in [2.24, 2.45) is 0 Å². The van der Waals surface area contributed by atoms with Crippen LogP contribution in [0.4, 0.5) is 22.7 Å². The SMILES string of the molecule is COc1cccc(OC)c1-c1c2nc(c(-c3c(NC(=O)C4CCCO4)cccc3NC(=O)C3CCCO3)c3ccc([n-]3)c(-c3c(OC)cccc3OC)c3nc(c(-c4c(NC(=O)C5CCCO5)cccc4NC(=O)C4CCCO4)c4ccc1[n-]4)C=C3)C=C2.[Co+2]. The number of benzene rings is 4. The van der Waals surface area contributed by atoms with E-state index in [0.29, 0.717) is 187 Å². The first-order chi connectivity index (χ1) is 43.1. The quantitative estimate of drug-likeness (QED) is 0.0703. The van der Waals surface area contributed by atoms with E-state index in [9.17, 15) is 19.2 Å². The van der Waals surface area contributed by atoms with Gasteiger partial charge >= 0.3 is 16.8 Å². The van der Waals surface area contributed by atoms with Gasteiger partial charge in [-0.25, -0.2) is 9.97 Å². The summed E-state index contributed by atoms with van der Waals surface area (Å²) in [5.74, 6) is 0.412. The van der Waals surface area contributed by atoms with Gasteiger partial charge in [-0.3, -0.25) is 19.2 Å². The largest absolute Gasteiger partial charge is 2.00 e. The van der Waals surface area contributed by atoms with Crippen molar-refractivity contribution in [1.82, 2.24) is 19.9 Å². The van der Waals surface area contributed by atoms with E-state index in [4.69, 9.17) is 57.8 Å². The summed E-state index contributed by atoms with van der Waals surface area (Å²) in [4.78, 5) is 79.3. The molecule has 3 aromatic heterocycles. The average molecular weight is 1240 g/mol. The molecule has 13 rings (SSSR count). The summed E-state index contributed by atoms with van der Waals surface area (Å²) >= 11 is 0. The first-order valence-electron chi connectivity index (χ1n) is 29.6. The van der Waals surface area contributed by atoms with Crippen LogP contribution in [0.1, 0.15) is 74.1 Å². The summed E-state index contributed by atoms with van der Waals surface area (Å²) in [7, 11) is 6.30. The van der Waals surface area contributed by atoms with Crippen molar-refractivity contribution in [3.63, 3.8) is 0 Å². The molecule has 7 aromatic rings. The average Bonchev–Trinajstić information content (AvgIpc) is 1.83. The number of hydrogen-bond acceptors (Lipinski definition) is 14. The van der Waals surface area contributed by atoms with Crippen molar-refractivity contribution >= 4 is 92.7 Å². The second-order valence-electron chi connectivity index (χ2n) is 21.9. The molecular formula is C68H64CoN8O12. The summed E-state index contributed by atoms with van der Waals surface area (Å²) < 4.78 is 48.2. The molecule has 21 heteroatoms. The molecule has 4 N–H and O–H groups in total. The predicted molar refractivity (Wildman–Crippen MR) is 335 cm³/mol. The van der Waals surface area contributed by atoms with E-state index in [1.807, 2.05) is 85.0 Å². The number of fused-ring (bicyclic) bond motifs is 8. The number of carbonyl (C=O) groups is 4. The van der Waals surface area contributed by atoms with Gasteiger partial charge in [0.2, 0.25) is 0 Å². The van der Waals surface area contributed by atoms with E-state index < -0.39 is 24.4 Å². The van der Waals surface area contributed by atoms with Crippen molar-refractivity contribution < 1.29 is 73.9 Å². The zero-order valence-corrected chi connectivity index (χ0v) is 50.4. The number of amides is 4. The minimum atomic E-state index is -0.703. The number of hydrogen-bond donors (Lipinski definition) is 4. The Morgan fingerprint density at radius 2 is 0.618 bits per heavy atom. The third-order valence-corrected chi connectivity index (χ3v) is 16.5. The normalized spacial score (nSPS) is 18.3. The molecule has 20 nitrogen and oxygen atoms in total. The molecule has 4 unspecified atom stereocenters. The maximum absolute atomic E-state index is 14.3. The molecule has 457 valence electrons. The van der Waals surface area contributed by atoms with Crippen LogP contribution in [0.3, 0.4) is 0 Å². The third kappa shape index (κ3) is 11.8. The number of nitrogens with one attached hydrogen (secondary N) is 4. The number of rotatable bonds is 16. The third-order valence-electron chi connectivity index (χ3n) is 16.5. The van der Waals surface area contributed by atoms with Crippen LogP contribution in [0.5, 0.6) is 23.0 Å². The van der Waals surface area contributed by atoms with Crippen molar-refractivity contribution in [3.05, 3.63) is 120 Å². The summed E-state index contributed by atoms with van der Waals surface area (Å²) in [6.45, 7) is 1.79. The van der Waals surface area contributed by atoms with Crippen molar-refractivity contribution in [1.29, 1.82) is 0 Å². The number of carbonyl (C=O) groups excluding carboxylic acids is 4. The molecular weight excluding hydrogens is 1180 g/mol. The van der Waals surface area contributed by atoms with E-state index in [2.05, 4.69) is 21.3 Å². The fourth-order valence-electron chi connectivity index (χ4n) is 12.4. The smallest absolute Gasteiger partial charge is 0.657 e. The monoisotopic (exact) mass is 1240 g/mol. The van der Waals surface area contributed by atoms with Gasteiger partial charge < -0.3 is 69.1 Å². The fraction of sp³-hybridized carbons (Fsp3) is 0.294. The van der Waals surface area contributed by atoms with Crippen LogP contribution in [-0.2, 0) is 54.9 Å². The fourth-order valence-corrected chi connectivity index (χ4v) is 12.4. The molecule has 6 aliphatic heterocycles. The summed E-state index contributed by atoms with van der Waals surface area (Å²) in [5, 5.41) is 12.7. The van der Waals surface area contributed by atoms with Crippen molar-refractivity contribution in [2.75, 3.05) is 76.1 Å². The van der Waals surface area contributed by atoms with E-state index in [-0.39, 0.29) is 40.4 Å². The van der Waals surface area contributed by atoms with Gasteiger partial charge in [0.1, 0.15) is 47.4 Å². The first kappa shape index (κ1) is 60.2. The van der Waals surface area contributed by atoms with Gasteiger partial charge in [-0.15, -0.1) is 22.1 Å². The standard InChI is InChI=1S/C68H66N8O12.Co/c1-81-49-17-7-18-50(82-2)63(49)61-45-29-25-41(69-45)59(57-37(73-65(77)53-21-9-33-85-53)13-5-14-38(57)74-66(78)54-22-10-34-86-54)43-27-31-47(71-43)62(64-51(83-3)19-8-20-52(64)84-4)48-32-28-44(72-48)60(42-26-30-46(61)70-42)58-39(75-67(79)55-23-11-35-87-55)15-6-16-40(58)76-68(80)56-24-12-36-88-56;/h5-8,13-20,25-32,53-56H,9-12,21-24,33-36H2,1-4H3,(H6,69,70,71,72,73,74,75,76,77,78,79,80);/q;+2/p-2. The zero-order chi connectivity index (χ0) is 60.4. The van der Waals surface area contributed by atoms with Gasteiger partial charge in [-0.2, -0.15) is 0 Å². The van der Waals surface area contributed by atoms with Crippen LogP contribution in [-0.4, -0.2) is 113 Å². The van der Waals surface area contributed by atoms with E-state index in [0.717, 1.165) is 25.7 Å². The first-order valence-corrected chi connectivity index (χ1v) is 29.6. The predicted octanol–water partition coefficient (Wildman–Crippen LogP) is 11.1.